The maximum absolute atomic E-state index is 13.0. The van der Waals surface area contributed by atoms with Gasteiger partial charge >= 0.3 is 0 Å². The van der Waals surface area contributed by atoms with Gasteiger partial charge in [0.1, 0.15) is 0 Å². The third-order valence-corrected chi connectivity index (χ3v) is 4.70. The second-order valence-electron chi connectivity index (χ2n) is 6.09. The Hall–Kier alpha value is -1.42. The van der Waals surface area contributed by atoms with E-state index >= 15 is 0 Å². The molecule has 1 amide bonds. The van der Waals surface area contributed by atoms with Gasteiger partial charge in [-0.05, 0) is 43.9 Å². The van der Waals surface area contributed by atoms with Crippen LogP contribution in [0.4, 0.5) is 0 Å². The predicted molar refractivity (Wildman–Crippen MR) is 78.0 cm³/mol. The van der Waals surface area contributed by atoms with Crippen molar-refractivity contribution < 1.29 is 4.79 Å². The fraction of sp³-hybridized carbons (Fsp3) is 0.625. The van der Waals surface area contributed by atoms with Crippen molar-refractivity contribution in [1.82, 2.24) is 15.2 Å². The van der Waals surface area contributed by atoms with Gasteiger partial charge in [-0.25, -0.2) is 0 Å². The molecule has 4 heteroatoms. The topological polar surface area (TPSA) is 45.2 Å². The summed E-state index contributed by atoms with van der Waals surface area (Å²) in [5, 5.41) is 3.36. The zero-order valence-corrected chi connectivity index (χ0v) is 12.1. The van der Waals surface area contributed by atoms with E-state index in [-0.39, 0.29) is 5.41 Å². The van der Waals surface area contributed by atoms with Gasteiger partial charge in [-0.2, -0.15) is 0 Å². The van der Waals surface area contributed by atoms with Gasteiger partial charge in [0.05, 0.1) is 5.41 Å². The quantitative estimate of drug-likeness (QED) is 0.892. The van der Waals surface area contributed by atoms with Crippen molar-refractivity contribution in [2.24, 2.45) is 5.41 Å². The van der Waals surface area contributed by atoms with Crippen LogP contribution >= 0.6 is 0 Å². The molecule has 1 atom stereocenters. The number of nitrogens with one attached hydrogen (secondary N) is 1. The van der Waals surface area contributed by atoms with Gasteiger partial charge in [0.25, 0.3) is 0 Å². The molecule has 2 aliphatic rings. The number of nitrogens with zero attached hydrogens (tertiary/aromatic N) is 2. The smallest absolute Gasteiger partial charge is 0.230 e. The van der Waals surface area contributed by atoms with Gasteiger partial charge < -0.3 is 10.2 Å². The van der Waals surface area contributed by atoms with Crippen molar-refractivity contribution in [2.75, 3.05) is 13.1 Å². The summed E-state index contributed by atoms with van der Waals surface area (Å²) in [7, 11) is 0. The molecule has 0 spiro atoms. The molecule has 1 N–H and O–H groups in total. The predicted octanol–water partition coefficient (Wildman–Crippen LogP) is 1.96. The highest BCUT2D eigenvalue weighted by Gasteiger charge is 2.45. The molecule has 0 radical (unpaired) electrons. The summed E-state index contributed by atoms with van der Waals surface area (Å²) in [6.07, 6.45) is 7.85. The highest BCUT2D eigenvalue weighted by atomic mass is 16.2. The Kier molecular flexibility index (Phi) is 3.74. The molecular formula is C16H23N3O. The molecule has 0 bridgehead atoms. The largest absolute Gasteiger partial charge is 0.335 e. The number of aromatic nitrogens is 1. The lowest BCUT2D eigenvalue weighted by Gasteiger charge is -2.33. The van der Waals surface area contributed by atoms with Crippen LogP contribution in [0.15, 0.2) is 24.5 Å². The Balaban J connectivity index is 1.78. The first-order valence-corrected chi connectivity index (χ1v) is 7.66. The Morgan fingerprint density at radius 2 is 2.40 bits per heavy atom. The Morgan fingerprint density at radius 1 is 1.55 bits per heavy atom. The molecule has 4 nitrogen and oxygen atoms in total. The first-order chi connectivity index (χ1) is 9.75. The number of rotatable bonds is 5. The van der Waals surface area contributed by atoms with Crippen molar-refractivity contribution >= 4 is 5.91 Å². The van der Waals surface area contributed by atoms with Gasteiger partial charge in [0, 0.05) is 31.5 Å². The number of hydrogen-bond donors (Lipinski definition) is 1. The fourth-order valence-electron chi connectivity index (χ4n) is 3.13. The molecule has 1 aliphatic heterocycles. The van der Waals surface area contributed by atoms with E-state index in [1.807, 2.05) is 12.3 Å². The van der Waals surface area contributed by atoms with Crippen molar-refractivity contribution in [1.29, 1.82) is 0 Å². The number of carbonyl (C=O) groups excluding carboxylic acids is 1. The highest BCUT2D eigenvalue weighted by Crippen LogP contribution is 2.37. The highest BCUT2D eigenvalue weighted by molar-refractivity contribution is 5.84. The molecule has 1 saturated heterocycles. The monoisotopic (exact) mass is 273 g/mol. The summed E-state index contributed by atoms with van der Waals surface area (Å²) in [5.74, 6) is 0.344. The van der Waals surface area contributed by atoms with Crippen LogP contribution in [0.2, 0.25) is 0 Å². The maximum Gasteiger partial charge on any atom is 0.230 e. The number of carbonyl (C=O) groups is 1. The normalized spacial score (nSPS) is 25.6. The zero-order valence-electron chi connectivity index (χ0n) is 12.1. The van der Waals surface area contributed by atoms with Crippen LogP contribution in [0, 0.1) is 5.41 Å². The summed E-state index contributed by atoms with van der Waals surface area (Å²) in [6.45, 7) is 4.64. The summed E-state index contributed by atoms with van der Waals surface area (Å²) in [5.41, 5.74) is 0.954. The van der Waals surface area contributed by atoms with Gasteiger partial charge in [0.15, 0.2) is 0 Å². The molecule has 0 aromatic carbocycles. The minimum atomic E-state index is -0.176. The lowest BCUT2D eigenvalue weighted by atomic mass is 9.82. The van der Waals surface area contributed by atoms with E-state index in [2.05, 4.69) is 28.2 Å². The summed E-state index contributed by atoms with van der Waals surface area (Å²) < 4.78 is 0. The summed E-state index contributed by atoms with van der Waals surface area (Å²) in [4.78, 5) is 19.3. The molecule has 20 heavy (non-hydrogen) atoms. The average molecular weight is 273 g/mol. The third-order valence-electron chi connectivity index (χ3n) is 4.70. The average Bonchev–Trinajstić information content (AvgIpc) is 3.22. The van der Waals surface area contributed by atoms with Gasteiger partial charge in [-0.1, -0.05) is 13.0 Å². The van der Waals surface area contributed by atoms with Gasteiger partial charge in [-0.15, -0.1) is 0 Å². The molecule has 1 unspecified atom stereocenters. The van der Waals surface area contributed by atoms with E-state index in [0.717, 1.165) is 44.3 Å². The van der Waals surface area contributed by atoms with Crippen LogP contribution in [0.3, 0.4) is 0 Å². The Morgan fingerprint density at radius 3 is 2.95 bits per heavy atom. The van der Waals surface area contributed by atoms with E-state index in [9.17, 15) is 4.79 Å². The zero-order chi connectivity index (χ0) is 14.0. The lowest BCUT2D eigenvalue weighted by molar-refractivity contribution is -0.142. The van der Waals surface area contributed by atoms with E-state index in [1.54, 1.807) is 6.20 Å². The number of amides is 1. The second-order valence-corrected chi connectivity index (χ2v) is 6.09. The standard InChI is InChI=1S/C16H23N3O/c1-2-16(7-9-18-12-16)15(20)19(14-5-6-14)11-13-4-3-8-17-10-13/h3-4,8,10,14,18H,2,5-7,9,11-12H2,1H3. The molecule has 1 aromatic heterocycles. The molecule has 108 valence electrons. The van der Waals surface area contributed by atoms with Crippen molar-refractivity contribution in [2.45, 2.75) is 45.2 Å². The van der Waals surface area contributed by atoms with Crippen LogP contribution in [-0.4, -0.2) is 34.9 Å². The van der Waals surface area contributed by atoms with Gasteiger partial charge in [-0.3, -0.25) is 9.78 Å². The molecule has 1 aromatic rings. The Labute approximate surface area is 120 Å². The van der Waals surface area contributed by atoms with Crippen LogP contribution in [0.25, 0.3) is 0 Å². The third kappa shape index (κ3) is 2.57. The van der Waals surface area contributed by atoms with E-state index in [0.29, 0.717) is 18.5 Å². The summed E-state index contributed by atoms with van der Waals surface area (Å²) in [6, 6.07) is 4.45. The summed E-state index contributed by atoms with van der Waals surface area (Å²) >= 11 is 0. The molecular weight excluding hydrogens is 250 g/mol. The van der Waals surface area contributed by atoms with E-state index in [4.69, 9.17) is 0 Å². The molecule has 1 aliphatic carbocycles. The van der Waals surface area contributed by atoms with E-state index in [1.165, 1.54) is 0 Å². The lowest BCUT2D eigenvalue weighted by Crippen LogP contribution is -2.45. The van der Waals surface area contributed by atoms with Crippen molar-refractivity contribution in [3.63, 3.8) is 0 Å². The maximum atomic E-state index is 13.0. The van der Waals surface area contributed by atoms with Crippen LogP contribution < -0.4 is 5.32 Å². The minimum absolute atomic E-state index is 0.176. The number of pyridine rings is 1. The fourth-order valence-corrected chi connectivity index (χ4v) is 3.13. The first kappa shape index (κ1) is 13.6. The molecule has 3 rings (SSSR count). The second kappa shape index (κ2) is 5.52. The minimum Gasteiger partial charge on any atom is -0.335 e. The van der Waals surface area contributed by atoms with Crippen LogP contribution in [-0.2, 0) is 11.3 Å². The van der Waals surface area contributed by atoms with Crippen molar-refractivity contribution in [3.05, 3.63) is 30.1 Å². The first-order valence-electron chi connectivity index (χ1n) is 7.66. The molecule has 1 saturated carbocycles. The SMILES string of the molecule is CCC1(C(=O)N(Cc2cccnc2)C2CC2)CCNC1. The molecule has 2 heterocycles. The Bertz CT molecular complexity index is 464. The number of hydrogen-bond acceptors (Lipinski definition) is 3. The van der Waals surface area contributed by atoms with Gasteiger partial charge in [0.2, 0.25) is 5.91 Å². The van der Waals surface area contributed by atoms with Crippen LogP contribution in [0.1, 0.15) is 38.2 Å². The van der Waals surface area contributed by atoms with Crippen LogP contribution in [0.5, 0.6) is 0 Å². The van der Waals surface area contributed by atoms with E-state index < -0.39 is 0 Å². The molecule has 2 fully saturated rings. The van der Waals surface area contributed by atoms with Crippen molar-refractivity contribution in [3.8, 4) is 0 Å².